The maximum atomic E-state index is 7.40. The van der Waals surface area contributed by atoms with E-state index in [1.165, 1.54) is 0 Å². The molecule has 0 N–H and O–H groups in total. The zero-order valence-electron chi connectivity index (χ0n) is 45.0. The van der Waals surface area contributed by atoms with Gasteiger partial charge >= 0.3 is 0 Å². The molecule has 0 atom stereocenters. The van der Waals surface area contributed by atoms with Gasteiger partial charge in [0.1, 0.15) is 28.1 Å². The number of pyridine rings is 4. The normalized spacial score (nSPS) is 12.0. The fourth-order valence-electron chi connectivity index (χ4n) is 13.0. The van der Waals surface area contributed by atoms with Crippen molar-refractivity contribution in [3.8, 4) is 68.4 Å². The molecule has 0 saturated heterocycles. The van der Waals surface area contributed by atoms with Crippen molar-refractivity contribution in [1.29, 1.82) is 0 Å². The lowest BCUT2D eigenvalue weighted by Crippen LogP contribution is -2.17. The molecule has 0 aliphatic heterocycles. The second-order valence-electron chi connectivity index (χ2n) is 21.1. The van der Waals surface area contributed by atoms with E-state index in [1.54, 1.807) is 0 Å². The summed E-state index contributed by atoms with van der Waals surface area (Å²) in [5.41, 5.74) is 13.1. The van der Waals surface area contributed by atoms with Crippen LogP contribution in [-0.4, -0.2) is 58.1 Å². The Morgan fingerprint density at radius 3 is 0.965 bits per heavy atom. The summed E-state index contributed by atoms with van der Waals surface area (Å²) in [6.07, 6.45) is 7.44. The lowest BCUT2D eigenvalue weighted by Gasteiger charge is -2.29. The van der Waals surface area contributed by atoms with Crippen molar-refractivity contribution in [2.24, 2.45) is 0 Å². The van der Waals surface area contributed by atoms with Gasteiger partial charge < -0.3 is 4.42 Å². The van der Waals surface area contributed by atoms with Crippen molar-refractivity contribution in [3.63, 3.8) is 0 Å². The van der Waals surface area contributed by atoms with Crippen LogP contribution >= 0.6 is 0 Å². The number of hydrogen-bond donors (Lipinski definition) is 0. The molecule has 13 heteroatoms. The highest BCUT2D eigenvalue weighted by molar-refractivity contribution is 6.17. The van der Waals surface area contributed by atoms with Gasteiger partial charge in [-0.1, -0.05) is 146 Å². The second kappa shape index (κ2) is 18.3. The third kappa shape index (κ3) is 6.86. The molecule has 10 heterocycles. The minimum Gasteiger partial charge on any atom is -0.436 e. The average Bonchev–Trinajstić information content (AvgIpc) is 1.68. The molecule has 0 aliphatic carbocycles. The van der Waals surface area contributed by atoms with E-state index in [0.29, 0.717) is 90.9 Å². The molecule has 0 amide bonds. The monoisotopic (exact) mass is 1090 g/mol. The Labute approximate surface area is 482 Å². The summed E-state index contributed by atoms with van der Waals surface area (Å²) in [6.45, 7) is 0. The largest absolute Gasteiger partial charge is 0.436 e. The molecule has 0 unspecified atom stereocenters. The summed E-state index contributed by atoms with van der Waals surface area (Å²) < 4.78 is 16.6. The molecule has 0 radical (unpaired) electrons. The molecule has 8 aromatic carbocycles. The van der Waals surface area contributed by atoms with E-state index in [0.717, 1.165) is 76.3 Å². The van der Waals surface area contributed by atoms with E-state index < -0.39 is 0 Å². The lowest BCUT2D eigenvalue weighted by molar-refractivity contribution is 0.619. The lowest BCUT2D eigenvalue weighted by atomic mass is 9.96. The van der Waals surface area contributed by atoms with Gasteiger partial charge in [0.2, 0.25) is 5.89 Å². The molecule has 18 aromatic rings. The molecule has 85 heavy (non-hydrogen) atoms. The molecule has 18 rings (SSSR count). The van der Waals surface area contributed by atoms with Crippen LogP contribution < -0.4 is 0 Å². The van der Waals surface area contributed by atoms with Gasteiger partial charge in [-0.15, -0.1) is 0 Å². The summed E-state index contributed by atoms with van der Waals surface area (Å²) in [5, 5.41) is 7.76. The van der Waals surface area contributed by atoms with Crippen LogP contribution in [0.25, 0.3) is 167 Å². The second-order valence-corrected chi connectivity index (χ2v) is 21.1. The predicted octanol–water partition coefficient (Wildman–Crippen LogP) is 16.6. The van der Waals surface area contributed by atoms with E-state index in [1.807, 2.05) is 134 Å². The Kier molecular flexibility index (Phi) is 10.1. The van der Waals surface area contributed by atoms with Crippen LogP contribution in [-0.2, 0) is 0 Å². The number of rotatable bonds is 8. The molecular formula is C72H42N12O. The molecule has 0 bridgehead atoms. The Bertz CT molecular complexity index is 5200. The van der Waals surface area contributed by atoms with Gasteiger partial charge in [-0.2, -0.15) is 0 Å². The highest BCUT2D eigenvalue weighted by Crippen LogP contribution is 2.54. The average molecular weight is 1090 g/mol. The van der Waals surface area contributed by atoms with Gasteiger partial charge in [-0.05, 0) is 84.9 Å². The number of hydrogen-bond acceptors (Lipinski definition) is 9. The Hall–Kier alpha value is -12.0. The van der Waals surface area contributed by atoms with Crippen LogP contribution in [0.1, 0.15) is 0 Å². The van der Waals surface area contributed by atoms with Gasteiger partial charge in [-0.3, -0.25) is 18.3 Å². The van der Waals surface area contributed by atoms with Crippen LogP contribution in [0.3, 0.4) is 0 Å². The van der Waals surface area contributed by atoms with Gasteiger partial charge in [0.25, 0.3) is 0 Å². The van der Waals surface area contributed by atoms with E-state index in [4.69, 9.17) is 44.3 Å². The summed E-state index contributed by atoms with van der Waals surface area (Å²) >= 11 is 0. The number of para-hydroxylation sites is 6. The summed E-state index contributed by atoms with van der Waals surface area (Å²) in [5.74, 6) is 1.67. The standard InChI is InChI=1S/C72H42N12O/c1-3-21-43(22-4-1)65-78-66(44-23-5-2-6-24-44)80-67(79-65)59-61(81-54-34-12-7-25-45(54)49-29-17-39-73-68(49)81)63(83-56-36-14-9-27-47(56)51-31-19-41-75-70(51)83)60(72-77-53-33-11-16-38-58(53)85-72)64(84-57-37-15-10-28-48(57)52-32-20-42-76-71(52)84)62(59)82-55-35-13-8-26-46(55)50-30-18-40-74-69(50)82/h1-42H. The van der Waals surface area contributed by atoms with E-state index in [9.17, 15) is 0 Å². The zero-order valence-corrected chi connectivity index (χ0v) is 45.0. The Morgan fingerprint density at radius 2 is 0.576 bits per heavy atom. The number of oxazole rings is 1. The molecule has 0 fully saturated rings. The first kappa shape index (κ1) is 46.8. The SMILES string of the molecule is c1ccc(-c2nc(-c3ccccc3)nc(-c3c(-n4c5ccccc5c5cccnc54)c(-n4c5ccccc5c5cccnc54)c(-c4nc5ccccc5o4)c(-n4c5ccccc5c5cccnc54)c3-n3c4ccccc4c4cccnc43)n2)cc1. The summed E-state index contributed by atoms with van der Waals surface area (Å²) in [6, 6.07) is 78.7. The van der Waals surface area contributed by atoms with Crippen LogP contribution in [0, 0.1) is 0 Å². The molecule has 13 nitrogen and oxygen atoms in total. The maximum absolute atomic E-state index is 7.40. The molecule has 10 aromatic heterocycles. The van der Waals surface area contributed by atoms with E-state index >= 15 is 0 Å². The molecule has 0 saturated carbocycles. The van der Waals surface area contributed by atoms with Crippen LogP contribution in [0.5, 0.6) is 0 Å². The first-order valence-electron chi connectivity index (χ1n) is 28.1. The van der Waals surface area contributed by atoms with Crippen molar-refractivity contribution in [2.45, 2.75) is 0 Å². The highest BCUT2D eigenvalue weighted by atomic mass is 16.3. The molecular weight excluding hydrogens is 1050 g/mol. The molecule has 0 spiro atoms. The van der Waals surface area contributed by atoms with Gasteiger partial charge in [0.15, 0.2) is 23.1 Å². The van der Waals surface area contributed by atoms with Crippen LogP contribution in [0.15, 0.2) is 260 Å². The summed E-state index contributed by atoms with van der Waals surface area (Å²) in [4.78, 5) is 44.2. The van der Waals surface area contributed by atoms with Crippen molar-refractivity contribution in [2.75, 3.05) is 0 Å². The first-order chi connectivity index (χ1) is 42.2. The minimum atomic E-state index is 0.344. The summed E-state index contributed by atoms with van der Waals surface area (Å²) in [7, 11) is 0. The van der Waals surface area contributed by atoms with Gasteiger partial charge in [-0.25, -0.2) is 39.9 Å². The third-order valence-corrected chi connectivity index (χ3v) is 16.5. The molecule has 0 aliphatic rings. The van der Waals surface area contributed by atoms with Gasteiger partial charge in [0, 0.05) is 79.0 Å². The van der Waals surface area contributed by atoms with E-state index in [-0.39, 0.29) is 0 Å². The van der Waals surface area contributed by atoms with Crippen LogP contribution in [0.4, 0.5) is 0 Å². The number of fused-ring (bicyclic) bond motifs is 13. The van der Waals surface area contributed by atoms with Crippen LogP contribution in [0.2, 0.25) is 0 Å². The number of benzene rings is 8. The minimum absolute atomic E-state index is 0.344. The van der Waals surface area contributed by atoms with Crippen molar-refractivity contribution < 1.29 is 4.42 Å². The van der Waals surface area contributed by atoms with Crippen molar-refractivity contribution in [1.82, 2.24) is 58.1 Å². The molecule has 396 valence electrons. The fraction of sp³-hybridized carbons (Fsp3) is 0. The Balaban J connectivity index is 1.23. The third-order valence-electron chi connectivity index (χ3n) is 16.5. The fourth-order valence-corrected chi connectivity index (χ4v) is 13.0. The number of nitrogens with zero attached hydrogens (tertiary/aromatic N) is 12. The van der Waals surface area contributed by atoms with Gasteiger partial charge in [0.05, 0.1) is 55.9 Å². The topological polar surface area (TPSA) is 136 Å². The quantitative estimate of drug-likeness (QED) is 0.146. The highest BCUT2D eigenvalue weighted by Gasteiger charge is 2.39. The first-order valence-corrected chi connectivity index (χ1v) is 28.1. The zero-order chi connectivity index (χ0) is 55.7. The predicted molar refractivity (Wildman–Crippen MR) is 338 cm³/mol. The van der Waals surface area contributed by atoms with E-state index in [2.05, 4.69) is 140 Å². The maximum Gasteiger partial charge on any atom is 0.231 e. The smallest absolute Gasteiger partial charge is 0.231 e. The van der Waals surface area contributed by atoms with Crippen molar-refractivity contribution in [3.05, 3.63) is 255 Å². The Morgan fingerprint density at radius 1 is 0.259 bits per heavy atom. The van der Waals surface area contributed by atoms with Crippen molar-refractivity contribution >= 4 is 98.8 Å². The number of aromatic nitrogens is 12.